The number of hydrogen-bond acceptors (Lipinski definition) is 7. The zero-order valence-corrected chi connectivity index (χ0v) is 32.1. The summed E-state index contributed by atoms with van der Waals surface area (Å²) in [6.07, 6.45) is 5.17. The van der Waals surface area contributed by atoms with Crippen LogP contribution in [-0.2, 0) is 10.3 Å². The number of hydrogen-bond donors (Lipinski definition) is 1. The molecule has 1 N–H and O–H groups in total. The molecule has 3 heterocycles. The van der Waals surface area contributed by atoms with Gasteiger partial charge >= 0.3 is 6.01 Å². The standard InChI is InChI=1S/C47H45FN4O4/c1-29-38(48)27-39-37(28-52(51-39)47(31-14-8-5-9-15-31,32-16-10-6-11-17-32)33-18-12-7-13-19-33)40(29)41-35(30-20-21-30)26-36-42(43(41)53)49-45(50-44(36)56-46(2,3)4)55-34-22-24-54-25-23-34/h5-19,26-28,30,34,53H,20-25H2,1-4H3. The van der Waals surface area contributed by atoms with Crippen LogP contribution < -0.4 is 9.47 Å². The summed E-state index contributed by atoms with van der Waals surface area (Å²) in [7, 11) is 0. The second kappa shape index (κ2) is 14.0. The van der Waals surface area contributed by atoms with Gasteiger partial charge in [0.05, 0.1) is 24.1 Å². The van der Waals surface area contributed by atoms with Gasteiger partial charge in [-0.05, 0) is 80.3 Å². The maximum atomic E-state index is 16.4. The monoisotopic (exact) mass is 748 g/mol. The highest BCUT2D eigenvalue weighted by Crippen LogP contribution is 2.53. The topological polar surface area (TPSA) is 91.5 Å². The van der Waals surface area contributed by atoms with Gasteiger partial charge < -0.3 is 19.3 Å². The molecule has 0 bridgehead atoms. The molecular formula is C47H45FN4O4. The first-order chi connectivity index (χ1) is 27.1. The van der Waals surface area contributed by atoms with Gasteiger partial charge in [-0.25, -0.2) is 4.39 Å². The zero-order chi connectivity index (χ0) is 38.6. The average Bonchev–Trinajstić information content (AvgIpc) is 3.97. The molecule has 1 saturated heterocycles. The Bertz CT molecular complexity index is 2450. The third-order valence-corrected chi connectivity index (χ3v) is 11.0. The molecule has 0 radical (unpaired) electrons. The van der Waals surface area contributed by atoms with Crippen LogP contribution in [0, 0.1) is 12.7 Å². The number of fused-ring (bicyclic) bond motifs is 2. The van der Waals surface area contributed by atoms with E-state index in [4.69, 9.17) is 29.3 Å². The number of phenolic OH excluding ortho intramolecular Hbond substituents is 1. The lowest BCUT2D eigenvalue weighted by Gasteiger charge is -2.36. The van der Waals surface area contributed by atoms with Gasteiger partial charge in [-0.2, -0.15) is 15.1 Å². The van der Waals surface area contributed by atoms with E-state index in [0.29, 0.717) is 64.9 Å². The Morgan fingerprint density at radius 2 is 1.36 bits per heavy atom. The number of phenols is 1. The second-order valence-corrected chi connectivity index (χ2v) is 16.0. The Morgan fingerprint density at radius 3 is 1.91 bits per heavy atom. The van der Waals surface area contributed by atoms with Gasteiger partial charge in [0.15, 0.2) is 0 Å². The molecule has 2 aliphatic rings. The van der Waals surface area contributed by atoms with Crippen LogP contribution in [0.3, 0.4) is 0 Å². The second-order valence-electron chi connectivity index (χ2n) is 16.0. The lowest BCUT2D eigenvalue weighted by Crippen LogP contribution is -2.38. The summed E-state index contributed by atoms with van der Waals surface area (Å²) in [6, 6.07) is 34.5. The minimum atomic E-state index is -0.919. The molecule has 0 spiro atoms. The largest absolute Gasteiger partial charge is 0.505 e. The highest BCUT2D eigenvalue weighted by atomic mass is 19.1. The first-order valence-electron chi connectivity index (χ1n) is 19.5. The molecule has 5 aromatic carbocycles. The first kappa shape index (κ1) is 35.9. The molecule has 2 aromatic heterocycles. The Balaban J connectivity index is 1.33. The molecule has 2 fully saturated rings. The molecule has 1 aliphatic heterocycles. The molecule has 9 heteroatoms. The van der Waals surface area contributed by atoms with Crippen molar-refractivity contribution in [2.24, 2.45) is 0 Å². The van der Waals surface area contributed by atoms with Gasteiger partial charge in [-0.3, -0.25) is 4.68 Å². The van der Waals surface area contributed by atoms with Crippen molar-refractivity contribution in [3.05, 3.63) is 143 Å². The normalized spacial score (nSPS) is 15.4. The summed E-state index contributed by atoms with van der Waals surface area (Å²) >= 11 is 0. The minimum absolute atomic E-state index is 0.0643. The number of aromatic nitrogens is 4. The molecule has 1 saturated carbocycles. The van der Waals surface area contributed by atoms with Crippen molar-refractivity contribution in [2.75, 3.05) is 13.2 Å². The molecule has 8 nitrogen and oxygen atoms in total. The molecule has 0 unspecified atom stereocenters. The Labute approximate surface area is 325 Å². The number of rotatable bonds is 9. The van der Waals surface area contributed by atoms with Crippen LogP contribution in [0.1, 0.15) is 80.2 Å². The Morgan fingerprint density at radius 1 is 0.768 bits per heavy atom. The summed E-state index contributed by atoms with van der Waals surface area (Å²) in [6.45, 7) is 8.83. The predicted molar refractivity (Wildman–Crippen MR) is 216 cm³/mol. The van der Waals surface area contributed by atoms with E-state index in [9.17, 15) is 5.11 Å². The van der Waals surface area contributed by atoms with Crippen LogP contribution in [0.2, 0.25) is 0 Å². The molecule has 0 atom stereocenters. The van der Waals surface area contributed by atoms with Crippen LogP contribution in [0.25, 0.3) is 32.9 Å². The number of benzene rings is 5. The zero-order valence-electron chi connectivity index (χ0n) is 32.1. The third kappa shape index (κ3) is 6.33. The van der Waals surface area contributed by atoms with Crippen molar-refractivity contribution in [1.29, 1.82) is 0 Å². The van der Waals surface area contributed by atoms with E-state index in [0.717, 1.165) is 35.1 Å². The minimum Gasteiger partial charge on any atom is -0.505 e. The molecule has 284 valence electrons. The highest BCUT2D eigenvalue weighted by molar-refractivity contribution is 6.04. The fourth-order valence-corrected chi connectivity index (χ4v) is 8.23. The van der Waals surface area contributed by atoms with E-state index in [-0.39, 0.29) is 29.3 Å². The lowest BCUT2D eigenvalue weighted by atomic mass is 9.77. The van der Waals surface area contributed by atoms with Crippen molar-refractivity contribution >= 4 is 21.8 Å². The van der Waals surface area contributed by atoms with Crippen LogP contribution >= 0.6 is 0 Å². The summed E-state index contributed by atoms with van der Waals surface area (Å²) < 4.78 is 36.7. The fraction of sp³-hybridized carbons (Fsp3) is 0.298. The van der Waals surface area contributed by atoms with E-state index < -0.39 is 17.0 Å². The Kier molecular flexibility index (Phi) is 9.00. The predicted octanol–water partition coefficient (Wildman–Crippen LogP) is 10.3. The molecule has 7 aromatic rings. The average molecular weight is 749 g/mol. The van der Waals surface area contributed by atoms with E-state index in [1.54, 1.807) is 6.92 Å². The lowest BCUT2D eigenvalue weighted by molar-refractivity contribution is 0.0212. The van der Waals surface area contributed by atoms with E-state index in [1.165, 1.54) is 6.07 Å². The van der Waals surface area contributed by atoms with Crippen LogP contribution in [-0.4, -0.2) is 49.8 Å². The molecule has 56 heavy (non-hydrogen) atoms. The van der Waals surface area contributed by atoms with Gasteiger partial charge in [0.1, 0.15) is 34.3 Å². The van der Waals surface area contributed by atoms with Crippen LogP contribution in [0.5, 0.6) is 17.6 Å². The molecule has 9 rings (SSSR count). The molecule has 1 aliphatic carbocycles. The van der Waals surface area contributed by atoms with Crippen molar-refractivity contribution in [3.63, 3.8) is 0 Å². The maximum Gasteiger partial charge on any atom is 0.320 e. The van der Waals surface area contributed by atoms with Crippen molar-refractivity contribution in [2.45, 2.75) is 76.5 Å². The van der Waals surface area contributed by atoms with E-state index in [1.807, 2.05) is 92.3 Å². The van der Waals surface area contributed by atoms with Gasteiger partial charge in [-0.1, -0.05) is 91.0 Å². The maximum absolute atomic E-state index is 16.4. The summed E-state index contributed by atoms with van der Waals surface area (Å²) in [5.74, 6) is 0.0173. The van der Waals surface area contributed by atoms with Crippen LogP contribution in [0.15, 0.2) is 109 Å². The van der Waals surface area contributed by atoms with Crippen molar-refractivity contribution in [1.82, 2.24) is 19.7 Å². The summed E-state index contributed by atoms with van der Waals surface area (Å²) in [5, 5.41) is 19.2. The summed E-state index contributed by atoms with van der Waals surface area (Å²) in [5.41, 5.74) is 4.69. The van der Waals surface area contributed by atoms with Crippen molar-refractivity contribution in [3.8, 4) is 28.8 Å². The highest BCUT2D eigenvalue weighted by Gasteiger charge is 2.40. The van der Waals surface area contributed by atoms with E-state index >= 15 is 4.39 Å². The summed E-state index contributed by atoms with van der Waals surface area (Å²) in [4.78, 5) is 9.61. The SMILES string of the molecule is Cc1c(F)cc2nn(C(c3ccccc3)(c3ccccc3)c3ccccc3)cc2c1-c1c(C2CC2)cc2c(OC(C)(C)C)nc(OC3CCOCC3)nc2c1O. The van der Waals surface area contributed by atoms with E-state index in [2.05, 4.69) is 36.4 Å². The Hall–Kier alpha value is -5.80. The molecule has 0 amide bonds. The fourth-order valence-electron chi connectivity index (χ4n) is 8.23. The number of halogens is 1. The van der Waals surface area contributed by atoms with Gasteiger partial charge in [0, 0.05) is 41.6 Å². The van der Waals surface area contributed by atoms with Crippen LogP contribution in [0.4, 0.5) is 4.39 Å². The number of aromatic hydroxyl groups is 1. The number of ether oxygens (including phenoxy) is 3. The smallest absolute Gasteiger partial charge is 0.320 e. The quantitative estimate of drug-likeness (QED) is 0.147. The first-order valence-corrected chi connectivity index (χ1v) is 19.5. The van der Waals surface area contributed by atoms with Crippen molar-refractivity contribution < 1.29 is 23.7 Å². The van der Waals surface area contributed by atoms with Gasteiger partial charge in [0.25, 0.3) is 0 Å². The third-order valence-electron chi connectivity index (χ3n) is 11.0. The number of nitrogens with zero attached hydrogens (tertiary/aromatic N) is 4. The molecular weight excluding hydrogens is 704 g/mol. The van der Waals surface area contributed by atoms with Gasteiger partial charge in [-0.15, -0.1) is 0 Å². The van der Waals surface area contributed by atoms with Gasteiger partial charge in [0.2, 0.25) is 5.88 Å².